The fourth-order valence-corrected chi connectivity index (χ4v) is 1.68. The number of ether oxygens (including phenoxy) is 1. The zero-order chi connectivity index (χ0) is 14.3. The first-order chi connectivity index (χ1) is 9.06. The van der Waals surface area contributed by atoms with Crippen molar-refractivity contribution in [1.29, 1.82) is 0 Å². The Morgan fingerprint density at radius 1 is 1.37 bits per heavy atom. The second-order valence-electron chi connectivity index (χ2n) is 4.03. The number of nitrogens with zero attached hydrogens (tertiary/aromatic N) is 1. The molecule has 3 N–H and O–H groups in total. The maximum absolute atomic E-state index is 12.1. The van der Waals surface area contributed by atoms with Crippen LogP contribution in [0.25, 0.3) is 0 Å². The molecule has 1 rings (SSSR count). The fourth-order valence-electron chi connectivity index (χ4n) is 1.68. The maximum Gasteiger partial charge on any atom is 0.323 e. The molecule has 6 heteroatoms. The lowest BCUT2D eigenvalue weighted by molar-refractivity contribution is -0.136. The standard InChI is InChI=1S/C13H18N2O4/c1-19-8-4-7-12(16)15(9-13(17)18)11-6-3-2-5-10(11)14/h2-3,5-6H,4,7-9,14H2,1H3,(H,17,18). The van der Waals surface area contributed by atoms with Crippen molar-refractivity contribution < 1.29 is 19.4 Å². The molecule has 0 aliphatic heterocycles. The zero-order valence-corrected chi connectivity index (χ0v) is 10.8. The summed E-state index contributed by atoms with van der Waals surface area (Å²) in [6, 6.07) is 6.70. The average molecular weight is 266 g/mol. The van der Waals surface area contributed by atoms with Gasteiger partial charge in [0.15, 0.2) is 0 Å². The van der Waals surface area contributed by atoms with E-state index in [0.717, 1.165) is 0 Å². The van der Waals surface area contributed by atoms with Gasteiger partial charge in [-0.3, -0.25) is 14.5 Å². The van der Waals surface area contributed by atoms with Crippen molar-refractivity contribution in [3.63, 3.8) is 0 Å². The monoisotopic (exact) mass is 266 g/mol. The van der Waals surface area contributed by atoms with Crippen LogP contribution in [0, 0.1) is 0 Å². The lowest BCUT2D eigenvalue weighted by Crippen LogP contribution is -2.36. The number of anilines is 2. The summed E-state index contributed by atoms with van der Waals surface area (Å²) in [5.74, 6) is -1.36. The minimum absolute atomic E-state index is 0.218. The Balaban J connectivity index is 2.86. The van der Waals surface area contributed by atoms with Gasteiger partial charge in [-0.25, -0.2) is 0 Å². The van der Waals surface area contributed by atoms with Crippen LogP contribution in [-0.4, -0.2) is 37.2 Å². The third kappa shape index (κ3) is 4.59. The number of rotatable bonds is 7. The first kappa shape index (κ1) is 15.0. The highest BCUT2D eigenvalue weighted by atomic mass is 16.5. The third-order valence-corrected chi connectivity index (χ3v) is 2.56. The minimum Gasteiger partial charge on any atom is -0.480 e. The predicted molar refractivity (Wildman–Crippen MR) is 72.0 cm³/mol. The summed E-state index contributed by atoms with van der Waals surface area (Å²) in [5.41, 5.74) is 6.58. The molecule has 0 heterocycles. The van der Waals surface area contributed by atoms with Crippen LogP contribution >= 0.6 is 0 Å². The van der Waals surface area contributed by atoms with Gasteiger partial charge in [0, 0.05) is 20.1 Å². The molecule has 1 aromatic rings. The Labute approximate surface area is 111 Å². The van der Waals surface area contributed by atoms with Crippen molar-refractivity contribution in [2.45, 2.75) is 12.8 Å². The molecular weight excluding hydrogens is 248 g/mol. The Morgan fingerprint density at radius 2 is 2.05 bits per heavy atom. The normalized spacial score (nSPS) is 10.2. The van der Waals surface area contributed by atoms with E-state index in [-0.39, 0.29) is 12.3 Å². The van der Waals surface area contributed by atoms with Gasteiger partial charge in [-0.15, -0.1) is 0 Å². The summed E-state index contributed by atoms with van der Waals surface area (Å²) >= 11 is 0. The molecule has 0 unspecified atom stereocenters. The van der Waals surface area contributed by atoms with Crippen molar-refractivity contribution in [2.75, 3.05) is 30.9 Å². The van der Waals surface area contributed by atoms with Gasteiger partial charge >= 0.3 is 5.97 Å². The topological polar surface area (TPSA) is 92.9 Å². The smallest absolute Gasteiger partial charge is 0.323 e. The van der Waals surface area contributed by atoms with Gasteiger partial charge in [-0.1, -0.05) is 12.1 Å². The molecule has 0 aliphatic carbocycles. The predicted octanol–water partition coefficient (Wildman–Crippen LogP) is 1.11. The van der Waals surface area contributed by atoms with E-state index in [1.165, 1.54) is 4.90 Å². The molecule has 19 heavy (non-hydrogen) atoms. The SMILES string of the molecule is COCCCC(=O)N(CC(=O)O)c1ccccc1N. The number of methoxy groups -OCH3 is 1. The van der Waals surface area contributed by atoms with Crippen LogP contribution in [0.3, 0.4) is 0 Å². The van der Waals surface area contributed by atoms with Crippen LogP contribution in [0.15, 0.2) is 24.3 Å². The number of hydrogen-bond acceptors (Lipinski definition) is 4. The van der Waals surface area contributed by atoms with Crippen LogP contribution in [0.5, 0.6) is 0 Å². The second-order valence-corrected chi connectivity index (χ2v) is 4.03. The summed E-state index contributed by atoms with van der Waals surface area (Å²) in [5, 5.41) is 8.90. The Bertz CT molecular complexity index is 448. The lowest BCUT2D eigenvalue weighted by atomic mass is 10.2. The summed E-state index contributed by atoms with van der Waals surface area (Å²) in [6.45, 7) is 0.0525. The van der Waals surface area contributed by atoms with Crippen molar-refractivity contribution in [3.8, 4) is 0 Å². The van der Waals surface area contributed by atoms with Gasteiger partial charge in [0.05, 0.1) is 11.4 Å². The van der Waals surface area contributed by atoms with Gasteiger partial charge in [0.25, 0.3) is 0 Å². The number of amides is 1. The highest BCUT2D eigenvalue weighted by Crippen LogP contribution is 2.23. The molecule has 104 valence electrons. The Hall–Kier alpha value is -2.08. The Morgan fingerprint density at radius 3 is 2.63 bits per heavy atom. The molecule has 1 amide bonds. The minimum atomic E-state index is -1.08. The van der Waals surface area contributed by atoms with Crippen LogP contribution in [0.2, 0.25) is 0 Å². The number of carbonyl (C=O) groups excluding carboxylic acids is 1. The zero-order valence-electron chi connectivity index (χ0n) is 10.8. The molecule has 0 aliphatic rings. The van der Waals surface area contributed by atoms with E-state index in [1.807, 2.05) is 0 Å². The van der Waals surface area contributed by atoms with E-state index >= 15 is 0 Å². The molecule has 6 nitrogen and oxygen atoms in total. The summed E-state index contributed by atoms with van der Waals surface area (Å²) in [7, 11) is 1.55. The number of carboxylic acid groups (broad SMARTS) is 1. The van der Waals surface area contributed by atoms with Gasteiger partial charge in [-0.05, 0) is 18.6 Å². The molecule has 0 saturated heterocycles. The number of para-hydroxylation sites is 2. The van der Waals surface area contributed by atoms with Crippen molar-refractivity contribution in [1.82, 2.24) is 0 Å². The van der Waals surface area contributed by atoms with E-state index in [4.69, 9.17) is 15.6 Å². The van der Waals surface area contributed by atoms with Crippen LogP contribution in [-0.2, 0) is 14.3 Å². The van der Waals surface area contributed by atoms with E-state index < -0.39 is 12.5 Å². The second kappa shape index (κ2) is 7.38. The van der Waals surface area contributed by atoms with E-state index in [0.29, 0.717) is 24.4 Å². The number of nitrogen functional groups attached to an aromatic ring is 1. The molecule has 0 radical (unpaired) electrons. The van der Waals surface area contributed by atoms with Crippen LogP contribution in [0.4, 0.5) is 11.4 Å². The Kier molecular flexibility index (Phi) is 5.81. The first-order valence-corrected chi connectivity index (χ1v) is 5.92. The highest BCUT2D eigenvalue weighted by molar-refractivity contribution is 5.99. The van der Waals surface area contributed by atoms with Gasteiger partial charge in [0.2, 0.25) is 5.91 Å². The summed E-state index contributed by atoms with van der Waals surface area (Å²) < 4.78 is 4.87. The maximum atomic E-state index is 12.1. The molecule has 0 saturated carbocycles. The van der Waals surface area contributed by atoms with Gasteiger partial charge in [0.1, 0.15) is 6.54 Å². The van der Waals surface area contributed by atoms with E-state index in [2.05, 4.69) is 0 Å². The fraction of sp³-hybridized carbons (Fsp3) is 0.385. The molecular formula is C13H18N2O4. The van der Waals surface area contributed by atoms with E-state index in [1.54, 1.807) is 31.4 Å². The number of benzene rings is 1. The van der Waals surface area contributed by atoms with Crippen LogP contribution in [0.1, 0.15) is 12.8 Å². The van der Waals surface area contributed by atoms with Crippen molar-refractivity contribution in [2.24, 2.45) is 0 Å². The lowest BCUT2D eigenvalue weighted by Gasteiger charge is -2.22. The van der Waals surface area contributed by atoms with Gasteiger partial charge in [-0.2, -0.15) is 0 Å². The average Bonchev–Trinajstić information content (AvgIpc) is 2.37. The van der Waals surface area contributed by atoms with Crippen LogP contribution < -0.4 is 10.6 Å². The first-order valence-electron chi connectivity index (χ1n) is 5.92. The quantitative estimate of drug-likeness (QED) is 0.569. The molecule has 0 fully saturated rings. The highest BCUT2D eigenvalue weighted by Gasteiger charge is 2.20. The number of carbonyl (C=O) groups is 2. The molecule has 0 bridgehead atoms. The summed E-state index contributed by atoms with van der Waals surface area (Å²) in [6.07, 6.45) is 0.758. The van der Waals surface area contributed by atoms with E-state index in [9.17, 15) is 9.59 Å². The van der Waals surface area contributed by atoms with Crippen molar-refractivity contribution >= 4 is 23.3 Å². The third-order valence-electron chi connectivity index (χ3n) is 2.56. The molecule has 0 atom stereocenters. The van der Waals surface area contributed by atoms with Gasteiger partial charge < -0.3 is 15.6 Å². The van der Waals surface area contributed by atoms with Crippen molar-refractivity contribution in [3.05, 3.63) is 24.3 Å². The number of hydrogen-bond donors (Lipinski definition) is 2. The molecule has 1 aromatic carbocycles. The summed E-state index contributed by atoms with van der Waals surface area (Å²) in [4.78, 5) is 24.1. The molecule has 0 spiro atoms. The number of nitrogens with two attached hydrogens (primary N) is 1. The largest absolute Gasteiger partial charge is 0.480 e. The number of carboxylic acids is 1. The number of aliphatic carboxylic acids is 1. The molecule has 0 aromatic heterocycles.